The number of benzene rings is 1. The van der Waals surface area contributed by atoms with Crippen molar-refractivity contribution in [3.05, 3.63) is 35.6 Å². The number of alkyl carbamates (subject to hydrolysis) is 1. The summed E-state index contributed by atoms with van der Waals surface area (Å²) in [4.78, 5) is 11.1. The minimum atomic E-state index is -0.464. The number of carbonyl (C=O) groups excluding carboxylic acids is 1. The van der Waals surface area contributed by atoms with Crippen molar-refractivity contribution >= 4 is 6.09 Å². The Morgan fingerprint density at radius 2 is 2.07 bits per heavy atom. The van der Waals surface area contributed by atoms with E-state index in [0.29, 0.717) is 6.61 Å². The second-order valence-corrected chi connectivity index (χ2v) is 3.14. The van der Waals surface area contributed by atoms with Gasteiger partial charge in [-0.3, -0.25) is 0 Å². The molecule has 1 aromatic rings. The molecule has 1 aromatic carbocycles. The van der Waals surface area contributed by atoms with Crippen LogP contribution in [0.5, 0.6) is 0 Å². The molecule has 0 aliphatic rings. The fourth-order valence-electron chi connectivity index (χ4n) is 1.18. The van der Waals surface area contributed by atoms with E-state index in [9.17, 15) is 9.18 Å². The molecule has 0 saturated heterocycles. The van der Waals surface area contributed by atoms with Crippen LogP contribution in [0.3, 0.4) is 0 Å². The van der Waals surface area contributed by atoms with Crippen molar-refractivity contribution in [3.8, 4) is 0 Å². The molecule has 4 heteroatoms. The molecule has 1 amide bonds. The number of halogens is 1. The molecule has 0 bridgehead atoms. The van der Waals surface area contributed by atoms with Crippen LogP contribution in [0, 0.1) is 5.82 Å². The van der Waals surface area contributed by atoms with Gasteiger partial charge in [-0.2, -0.15) is 0 Å². The fourth-order valence-corrected chi connectivity index (χ4v) is 1.18. The van der Waals surface area contributed by atoms with E-state index in [2.05, 4.69) is 5.32 Å². The van der Waals surface area contributed by atoms with E-state index < -0.39 is 6.09 Å². The Hall–Kier alpha value is -1.58. The first-order valence-corrected chi connectivity index (χ1v) is 4.82. The topological polar surface area (TPSA) is 38.3 Å². The van der Waals surface area contributed by atoms with Gasteiger partial charge in [-0.25, -0.2) is 9.18 Å². The fraction of sp³-hybridized carbons (Fsp3) is 0.364. The predicted octanol–water partition coefficient (Wildman–Crippen LogP) is 2.63. The van der Waals surface area contributed by atoms with Gasteiger partial charge in [-0.15, -0.1) is 0 Å². The highest BCUT2D eigenvalue weighted by Crippen LogP contribution is 2.12. The van der Waals surface area contributed by atoms with Crippen molar-refractivity contribution in [1.82, 2.24) is 5.32 Å². The minimum Gasteiger partial charge on any atom is -0.450 e. The summed E-state index contributed by atoms with van der Waals surface area (Å²) in [5.74, 6) is -0.290. The zero-order chi connectivity index (χ0) is 11.3. The molecule has 82 valence electrons. The van der Waals surface area contributed by atoms with Crippen LogP contribution >= 0.6 is 0 Å². The van der Waals surface area contributed by atoms with Gasteiger partial charge < -0.3 is 10.1 Å². The Morgan fingerprint density at radius 3 is 2.60 bits per heavy atom. The molecule has 1 atom stereocenters. The third kappa shape index (κ3) is 3.58. The summed E-state index contributed by atoms with van der Waals surface area (Å²) in [7, 11) is 0. The number of hydrogen-bond donors (Lipinski definition) is 1. The van der Waals surface area contributed by atoms with Crippen LogP contribution in [0.2, 0.25) is 0 Å². The third-order valence-electron chi connectivity index (χ3n) is 1.98. The molecule has 0 radical (unpaired) electrons. The van der Waals surface area contributed by atoms with Crippen LogP contribution in [0.1, 0.15) is 25.5 Å². The minimum absolute atomic E-state index is 0.190. The number of amides is 1. The Balaban J connectivity index is 2.57. The van der Waals surface area contributed by atoms with E-state index in [4.69, 9.17) is 4.74 Å². The third-order valence-corrected chi connectivity index (χ3v) is 1.98. The van der Waals surface area contributed by atoms with Crippen LogP contribution in [-0.2, 0) is 4.74 Å². The van der Waals surface area contributed by atoms with Gasteiger partial charge in [0.05, 0.1) is 12.6 Å². The zero-order valence-corrected chi connectivity index (χ0v) is 8.79. The van der Waals surface area contributed by atoms with Crippen molar-refractivity contribution in [2.75, 3.05) is 6.61 Å². The van der Waals surface area contributed by atoms with Crippen molar-refractivity contribution < 1.29 is 13.9 Å². The Bertz CT molecular complexity index is 324. The molecular weight excluding hydrogens is 197 g/mol. The lowest BCUT2D eigenvalue weighted by Gasteiger charge is -2.13. The molecule has 0 aliphatic heterocycles. The number of carbonyl (C=O) groups is 1. The molecule has 1 rings (SSSR count). The number of nitrogens with one attached hydrogen (secondary N) is 1. The van der Waals surface area contributed by atoms with E-state index in [1.165, 1.54) is 12.1 Å². The smallest absolute Gasteiger partial charge is 0.407 e. The van der Waals surface area contributed by atoms with Crippen molar-refractivity contribution in [1.29, 1.82) is 0 Å². The first kappa shape index (κ1) is 11.5. The predicted molar refractivity (Wildman–Crippen MR) is 55.0 cm³/mol. The highest BCUT2D eigenvalue weighted by Gasteiger charge is 2.09. The summed E-state index contributed by atoms with van der Waals surface area (Å²) >= 11 is 0. The molecule has 0 unspecified atom stereocenters. The SMILES string of the molecule is CCOC(=O)N[C@H](C)c1ccc(F)cc1. The van der Waals surface area contributed by atoms with Gasteiger partial charge in [-0.05, 0) is 31.5 Å². The molecule has 0 spiro atoms. The summed E-state index contributed by atoms with van der Waals surface area (Å²) in [5.41, 5.74) is 0.837. The van der Waals surface area contributed by atoms with Gasteiger partial charge in [-0.1, -0.05) is 12.1 Å². The zero-order valence-electron chi connectivity index (χ0n) is 8.79. The lowest BCUT2D eigenvalue weighted by molar-refractivity contribution is 0.149. The Labute approximate surface area is 88.2 Å². The Kier molecular flexibility index (Phi) is 4.09. The van der Waals surface area contributed by atoms with E-state index in [0.717, 1.165) is 5.56 Å². The molecule has 3 nitrogen and oxygen atoms in total. The van der Waals surface area contributed by atoms with Crippen LogP contribution in [0.15, 0.2) is 24.3 Å². The lowest BCUT2D eigenvalue weighted by Crippen LogP contribution is -2.27. The molecule has 1 N–H and O–H groups in total. The second kappa shape index (κ2) is 5.34. The monoisotopic (exact) mass is 211 g/mol. The van der Waals surface area contributed by atoms with Crippen molar-refractivity contribution in [2.45, 2.75) is 19.9 Å². The standard InChI is InChI=1S/C11H14FNO2/c1-3-15-11(14)13-8(2)9-4-6-10(12)7-5-9/h4-8H,3H2,1-2H3,(H,13,14)/t8-/m1/s1. The average Bonchev–Trinajstić information content (AvgIpc) is 2.18. The van der Waals surface area contributed by atoms with Crippen molar-refractivity contribution in [3.63, 3.8) is 0 Å². The van der Waals surface area contributed by atoms with Gasteiger partial charge in [0.2, 0.25) is 0 Å². The maximum absolute atomic E-state index is 12.6. The number of rotatable bonds is 3. The molecular formula is C11H14FNO2. The van der Waals surface area contributed by atoms with E-state index >= 15 is 0 Å². The summed E-state index contributed by atoms with van der Waals surface area (Å²) < 4.78 is 17.4. The van der Waals surface area contributed by atoms with Crippen LogP contribution in [0.25, 0.3) is 0 Å². The number of ether oxygens (including phenoxy) is 1. The maximum Gasteiger partial charge on any atom is 0.407 e. The first-order valence-electron chi connectivity index (χ1n) is 4.82. The van der Waals surface area contributed by atoms with E-state index in [1.54, 1.807) is 19.1 Å². The molecule has 0 aromatic heterocycles. The Morgan fingerprint density at radius 1 is 1.47 bits per heavy atom. The van der Waals surface area contributed by atoms with Crippen LogP contribution in [-0.4, -0.2) is 12.7 Å². The van der Waals surface area contributed by atoms with Crippen LogP contribution < -0.4 is 5.32 Å². The summed E-state index contributed by atoms with van der Waals surface area (Å²) in [6.45, 7) is 3.88. The largest absolute Gasteiger partial charge is 0.450 e. The summed E-state index contributed by atoms with van der Waals surface area (Å²) in [5, 5.41) is 2.63. The first-order chi connectivity index (χ1) is 7.13. The van der Waals surface area contributed by atoms with Gasteiger partial charge >= 0.3 is 6.09 Å². The van der Waals surface area contributed by atoms with E-state index in [-0.39, 0.29) is 11.9 Å². The highest BCUT2D eigenvalue weighted by atomic mass is 19.1. The molecule has 0 heterocycles. The second-order valence-electron chi connectivity index (χ2n) is 3.14. The summed E-state index contributed by atoms with van der Waals surface area (Å²) in [6.07, 6.45) is -0.464. The maximum atomic E-state index is 12.6. The average molecular weight is 211 g/mol. The molecule has 0 saturated carbocycles. The van der Waals surface area contributed by atoms with Gasteiger partial charge in [0, 0.05) is 0 Å². The molecule has 15 heavy (non-hydrogen) atoms. The van der Waals surface area contributed by atoms with Crippen molar-refractivity contribution in [2.24, 2.45) is 0 Å². The van der Waals surface area contributed by atoms with Crippen LogP contribution in [0.4, 0.5) is 9.18 Å². The normalized spacial score (nSPS) is 11.9. The highest BCUT2D eigenvalue weighted by molar-refractivity contribution is 5.67. The quantitative estimate of drug-likeness (QED) is 0.834. The molecule has 0 fully saturated rings. The van der Waals surface area contributed by atoms with Gasteiger partial charge in [0.15, 0.2) is 0 Å². The van der Waals surface area contributed by atoms with Gasteiger partial charge in [0.25, 0.3) is 0 Å². The van der Waals surface area contributed by atoms with Gasteiger partial charge in [0.1, 0.15) is 5.82 Å². The molecule has 0 aliphatic carbocycles. The number of hydrogen-bond acceptors (Lipinski definition) is 2. The summed E-state index contributed by atoms with van der Waals surface area (Å²) in [6, 6.07) is 5.79. The van der Waals surface area contributed by atoms with E-state index in [1.807, 2.05) is 6.92 Å². The lowest BCUT2D eigenvalue weighted by atomic mass is 10.1.